The molecule has 2 heterocycles. The van der Waals surface area contributed by atoms with E-state index in [1.165, 1.54) is 0 Å². The number of nitrogens with zero attached hydrogens (tertiary/aromatic N) is 1. The lowest BCUT2D eigenvalue weighted by atomic mass is 9.46. The fourth-order valence-corrected chi connectivity index (χ4v) is 16.6. The van der Waals surface area contributed by atoms with Crippen LogP contribution >= 0.6 is 0 Å². The highest BCUT2D eigenvalue weighted by molar-refractivity contribution is 6.02. The van der Waals surface area contributed by atoms with Gasteiger partial charge in [0, 0.05) is 61.2 Å². The smallest absolute Gasteiger partial charge is 0.408 e. The number of primary amides is 1. The van der Waals surface area contributed by atoms with Crippen LogP contribution < -0.4 is 47.9 Å². The van der Waals surface area contributed by atoms with Crippen LogP contribution in [0.4, 0.5) is 21.0 Å². The van der Waals surface area contributed by atoms with Gasteiger partial charge in [0.2, 0.25) is 35.4 Å². The lowest BCUT2D eigenvalue weighted by molar-refractivity contribution is -0.201. The van der Waals surface area contributed by atoms with Crippen LogP contribution in [-0.4, -0.2) is 186 Å². The first kappa shape index (κ1) is 84.9. The van der Waals surface area contributed by atoms with Gasteiger partial charge < -0.3 is 90.9 Å². The molecule has 1 unspecified atom stereocenters. The van der Waals surface area contributed by atoms with E-state index in [-0.39, 0.29) is 146 Å². The molecule has 9 amide bonds. The van der Waals surface area contributed by atoms with Gasteiger partial charge in [0.15, 0.2) is 23.5 Å². The normalized spacial score (nSPS) is 23.6. The number of aliphatic hydroxyl groups is 1. The number of carbonyl (C=O) groups excluding carboxylic acids is 10. The van der Waals surface area contributed by atoms with Crippen molar-refractivity contribution < 1.29 is 90.9 Å². The van der Waals surface area contributed by atoms with Crippen molar-refractivity contribution in [2.24, 2.45) is 40.2 Å². The van der Waals surface area contributed by atoms with Crippen LogP contribution in [0.3, 0.4) is 0 Å². The Labute approximate surface area is 654 Å². The SMILES string of the molecule is CCCC1O[C@@H]2C[C@H]3[C@@H]4CCC5=CC(=O)C=C[C@]5(C)[C@H]4[C@@H](O)C[C@]3(C)[C@]2(C(=O)COCNC(=O)[C@H](Cc2ccccc2)NC(=O)OCc2ccc(NC(=O)[C@H](CCCNC(N)=O)NC(=O)[C@@H](NC(=O)CCOCCOCCOCCOCCNC(=O)CCC(=O)N3Cc4ccccc4/C=C\c4ccccc43)C(C)C)cc2)O1. The van der Waals surface area contributed by atoms with Gasteiger partial charge in [-0.05, 0) is 121 Å². The fourth-order valence-electron chi connectivity index (χ4n) is 16.6. The predicted molar refractivity (Wildman–Crippen MR) is 416 cm³/mol. The number of Topliss-reactive ketones (excluding diaryl/α,β-unsaturated/α-hetero) is 1. The van der Waals surface area contributed by atoms with Gasteiger partial charge in [-0.15, -0.1) is 0 Å². The van der Waals surface area contributed by atoms with E-state index in [0.29, 0.717) is 56.9 Å². The average Bonchev–Trinajstić information content (AvgIpc) is 1.50. The first-order chi connectivity index (χ1) is 54.0. The number of fused-ring (bicyclic) bond motifs is 9. The van der Waals surface area contributed by atoms with E-state index in [9.17, 15) is 53.1 Å². The zero-order valence-electron chi connectivity index (χ0n) is 64.7. The molecular weight excluding hydrogens is 1440 g/mol. The summed E-state index contributed by atoms with van der Waals surface area (Å²) in [5, 5.41) is 31.2. The maximum absolute atomic E-state index is 14.9. The molecule has 3 saturated carbocycles. The molecule has 10 N–H and O–H groups in total. The molecule has 6 aliphatic rings. The van der Waals surface area contributed by atoms with Crippen LogP contribution in [0.25, 0.3) is 12.2 Å². The van der Waals surface area contributed by atoms with Gasteiger partial charge in [-0.3, -0.25) is 38.4 Å². The van der Waals surface area contributed by atoms with Crippen molar-refractivity contribution in [2.75, 3.05) is 89.5 Å². The summed E-state index contributed by atoms with van der Waals surface area (Å²) in [5.41, 5.74) is 8.94. The molecule has 112 heavy (non-hydrogen) atoms. The minimum atomic E-state index is -1.43. The third-order valence-corrected chi connectivity index (χ3v) is 22.2. The lowest BCUT2D eigenvalue weighted by Gasteiger charge is -2.59. The molecule has 4 fully saturated rings. The van der Waals surface area contributed by atoms with Crippen LogP contribution in [0.5, 0.6) is 0 Å². The van der Waals surface area contributed by atoms with Gasteiger partial charge in [0.05, 0.1) is 77.3 Å². The average molecular weight is 1550 g/mol. The summed E-state index contributed by atoms with van der Waals surface area (Å²) in [6, 6.07) is 27.0. The largest absolute Gasteiger partial charge is 0.445 e. The van der Waals surface area contributed by atoms with Crippen molar-refractivity contribution in [1.29, 1.82) is 0 Å². The number of rotatable bonds is 41. The van der Waals surface area contributed by atoms with E-state index < -0.39 is 101 Å². The van der Waals surface area contributed by atoms with Crippen molar-refractivity contribution in [2.45, 2.75) is 167 Å². The van der Waals surface area contributed by atoms with E-state index >= 15 is 0 Å². The second-order valence-corrected chi connectivity index (χ2v) is 30.2. The molecule has 10 rings (SSSR count). The number of ether oxygens (including phenoxy) is 8. The van der Waals surface area contributed by atoms with E-state index in [1.54, 1.807) is 67.3 Å². The van der Waals surface area contributed by atoms with Crippen LogP contribution in [0.15, 0.2) is 127 Å². The highest BCUT2D eigenvalue weighted by atomic mass is 16.7. The summed E-state index contributed by atoms with van der Waals surface area (Å²) in [7, 11) is 0. The zero-order valence-corrected chi connectivity index (χ0v) is 64.7. The molecule has 604 valence electrons. The number of ketones is 2. The second-order valence-electron chi connectivity index (χ2n) is 30.2. The molecule has 12 atom stereocenters. The molecule has 4 aliphatic carbocycles. The summed E-state index contributed by atoms with van der Waals surface area (Å²) in [6.45, 7) is 11.3. The Balaban J connectivity index is 0.606. The number of para-hydroxylation sites is 1. The first-order valence-electron chi connectivity index (χ1n) is 39.1. The van der Waals surface area contributed by atoms with E-state index in [1.807, 2.05) is 92.7 Å². The van der Waals surface area contributed by atoms with Crippen LogP contribution in [0.1, 0.15) is 133 Å². The first-order valence-corrected chi connectivity index (χ1v) is 39.1. The minimum absolute atomic E-state index is 0.0264. The minimum Gasteiger partial charge on any atom is -0.445 e. The number of hydrogen-bond donors (Lipinski definition) is 9. The number of alkyl carbamates (subject to hydrolysis) is 1. The molecule has 0 aromatic heterocycles. The summed E-state index contributed by atoms with van der Waals surface area (Å²) in [4.78, 5) is 135. The van der Waals surface area contributed by atoms with Gasteiger partial charge in [-0.1, -0.05) is 150 Å². The maximum atomic E-state index is 14.9. The molecule has 28 heteroatoms. The predicted octanol–water partition coefficient (Wildman–Crippen LogP) is 7.44. The number of urea groups is 1. The molecule has 4 aromatic rings. The highest BCUT2D eigenvalue weighted by Gasteiger charge is 2.76. The van der Waals surface area contributed by atoms with Crippen molar-refractivity contribution in [1.82, 2.24) is 31.9 Å². The second kappa shape index (κ2) is 40.8. The highest BCUT2D eigenvalue weighted by Crippen LogP contribution is 2.70. The van der Waals surface area contributed by atoms with Crippen LogP contribution in [0, 0.1) is 34.5 Å². The number of nitrogens with one attached hydrogen (secondary N) is 7. The third kappa shape index (κ3) is 22.0. The van der Waals surface area contributed by atoms with Gasteiger partial charge in [0.25, 0.3) is 0 Å². The van der Waals surface area contributed by atoms with Gasteiger partial charge in [-0.25, -0.2) is 9.59 Å². The molecule has 0 radical (unpaired) electrons. The number of nitrogens with two attached hydrogens (primary N) is 1. The van der Waals surface area contributed by atoms with Gasteiger partial charge in [-0.2, -0.15) is 0 Å². The number of carbonyl (C=O) groups is 10. The molecule has 2 aliphatic heterocycles. The molecule has 1 saturated heterocycles. The number of benzene rings is 4. The summed E-state index contributed by atoms with van der Waals surface area (Å²) < 4.78 is 47.3. The van der Waals surface area contributed by atoms with E-state index in [0.717, 1.165) is 46.4 Å². The summed E-state index contributed by atoms with van der Waals surface area (Å²) in [6.07, 6.45) is 10.5. The number of aliphatic hydroxyl groups excluding tert-OH is 1. The van der Waals surface area contributed by atoms with Gasteiger partial charge in [0.1, 0.15) is 38.1 Å². The van der Waals surface area contributed by atoms with Crippen molar-refractivity contribution >= 4 is 82.7 Å². The Morgan fingerprint density at radius 3 is 2.10 bits per heavy atom. The van der Waals surface area contributed by atoms with Crippen molar-refractivity contribution in [3.63, 3.8) is 0 Å². The fraction of sp³-hybridized carbons (Fsp3) is 0.524. The summed E-state index contributed by atoms with van der Waals surface area (Å²) >= 11 is 0. The topological polar surface area (TPSA) is 378 Å². The molecular formula is C84H109N9O19. The van der Waals surface area contributed by atoms with Gasteiger partial charge >= 0.3 is 12.1 Å². The number of allylic oxidation sites excluding steroid dienone is 4. The van der Waals surface area contributed by atoms with Crippen molar-refractivity contribution in [3.8, 4) is 0 Å². The van der Waals surface area contributed by atoms with Crippen LogP contribution in [0.2, 0.25) is 0 Å². The molecule has 0 spiro atoms. The lowest BCUT2D eigenvalue weighted by Crippen LogP contribution is -2.63. The molecule has 4 aromatic carbocycles. The molecule has 28 nitrogen and oxygen atoms in total. The Hall–Kier alpha value is -9.52. The Morgan fingerprint density at radius 2 is 1.38 bits per heavy atom. The standard InChI is InChI=1S/C84H109N9O19/c1-6-15-74-111-70-48-64-63-30-27-60-47-62(94)33-35-82(60,4)75(63)68(95)49-83(64,5)84(70,112-74)69(96)52-109-53-88-77(100)66(46-55-16-8-7-9-17-55)91-81(104)110-51-56-23-28-61(29-24-56)89-78(101)65(21-14-36-87-80(85)103)90-79(102)76(54(2)3)92-72(98)34-38-105-40-42-107-44-45-108-43-41-106-39-37-86-71(97)31-32-73(99)93-50-59-20-11-10-18-57(59)25-26-58-19-12-13-22-67(58)93/h7-13,16-20,22-26,28-29,33,35,47,54,63-66,68,70,74-76,95H,6,14-15,21,27,30-32,34,36-46,48-53H2,1-5H3,(H,86,97)(H,88,100)(H,89,101)(H,90,102)(H,91,104)(H,92,98)(H3,85,87,103)/b26-25-/t63-,64-,65-,66-,68-,70+,74?,75+,76-,82-,83-,84+/m0/s1. The van der Waals surface area contributed by atoms with Crippen LogP contribution in [-0.2, 0) is 95.8 Å². The van der Waals surface area contributed by atoms with E-state index in [2.05, 4.69) is 50.2 Å². The summed E-state index contributed by atoms with van der Waals surface area (Å²) in [5.74, 6) is -3.62. The Kier molecular flexibility index (Phi) is 30.9. The maximum Gasteiger partial charge on any atom is 0.408 e. The monoisotopic (exact) mass is 1550 g/mol. The number of hydrogen-bond acceptors (Lipinski definition) is 19. The molecule has 0 bridgehead atoms. The Bertz CT molecular complexity index is 4020. The zero-order chi connectivity index (χ0) is 79.8. The number of anilines is 2. The quantitative estimate of drug-likeness (QED) is 0.0154. The van der Waals surface area contributed by atoms with E-state index in [4.69, 9.17) is 43.6 Å². The van der Waals surface area contributed by atoms with Crippen molar-refractivity contribution in [3.05, 3.63) is 155 Å². The Morgan fingerprint density at radius 1 is 0.688 bits per heavy atom. The third-order valence-electron chi connectivity index (χ3n) is 22.2. The number of amides is 9.